The van der Waals surface area contributed by atoms with Crippen LogP contribution in [0.15, 0.2) is 24.3 Å². The summed E-state index contributed by atoms with van der Waals surface area (Å²) in [7, 11) is 0. The van der Waals surface area contributed by atoms with Crippen LogP contribution in [0.2, 0.25) is 0 Å². The van der Waals surface area contributed by atoms with Gasteiger partial charge in [-0.25, -0.2) is 4.39 Å². The van der Waals surface area contributed by atoms with Crippen LogP contribution in [-0.2, 0) is 14.3 Å². The second-order valence-corrected chi connectivity index (χ2v) is 8.69. The third-order valence-electron chi connectivity index (χ3n) is 5.68. The van der Waals surface area contributed by atoms with Gasteiger partial charge in [0.15, 0.2) is 0 Å². The molecule has 0 spiro atoms. The molecule has 3 rings (SSSR count). The van der Waals surface area contributed by atoms with Gasteiger partial charge >= 0.3 is 0 Å². The molecule has 0 radical (unpaired) electrons. The van der Waals surface area contributed by atoms with Gasteiger partial charge in [0.1, 0.15) is 5.82 Å². The summed E-state index contributed by atoms with van der Waals surface area (Å²) in [6.07, 6.45) is 5.89. The first-order valence-electron chi connectivity index (χ1n) is 10.3. The Balaban J connectivity index is 1.40. The highest BCUT2D eigenvalue weighted by atomic mass is 32.2. The van der Waals surface area contributed by atoms with Gasteiger partial charge in [0.25, 0.3) is 0 Å². The molecule has 2 fully saturated rings. The average Bonchev–Trinajstić information content (AvgIpc) is 2.75. The van der Waals surface area contributed by atoms with Crippen LogP contribution in [0, 0.1) is 5.82 Å². The van der Waals surface area contributed by atoms with Gasteiger partial charge in [0, 0.05) is 30.9 Å². The highest BCUT2D eigenvalue weighted by Gasteiger charge is 2.38. The smallest absolute Gasteiger partial charge is 0.234 e. The lowest BCUT2D eigenvalue weighted by molar-refractivity contribution is -0.119. The van der Waals surface area contributed by atoms with Crippen molar-refractivity contribution in [3.8, 4) is 0 Å². The zero-order chi connectivity index (χ0) is 20.5. The summed E-state index contributed by atoms with van der Waals surface area (Å²) >= 11 is 1.28. The largest absolute Gasteiger partial charge is 0.379 e. The van der Waals surface area contributed by atoms with E-state index < -0.39 is 0 Å². The standard InChI is InChI=1S/C21H30FN3O3S/c22-17-4-6-18(7-5-17)24-20(27)15-29-14-19(26)23-16-21(8-2-1-3-9-21)25-10-12-28-13-11-25/h4-7H,1-3,8-16H2,(H,23,26)(H,24,27). The number of carbonyl (C=O) groups is 2. The van der Waals surface area contributed by atoms with E-state index in [1.807, 2.05) is 0 Å². The van der Waals surface area contributed by atoms with Gasteiger partial charge < -0.3 is 15.4 Å². The molecule has 1 aromatic carbocycles. The second kappa shape index (κ2) is 10.9. The summed E-state index contributed by atoms with van der Waals surface area (Å²) in [6, 6.07) is 5.62. The Hall–Kier alpha value is -1.64. The fraction of sp³-hybridized carbons (Fsp3) is 0.619. The molecule has 1 aromatic rings. The molecule has 0 atom stereocenters. The third kappa shape index (κ3) is 6.69. The number of thioether (sulfide) groups is 1. The molecular formula is C21H30FN3O3S. The second-order valence-electron chi connectivity index (χ2n) is 7.71. The number of halogens is 1. The first-order chi connectivity index (χ1) is 14.1. The van der Waals surface area contributed by atoms with Gasteiger partial charge in [-0.05, 0) is 37.1 Å². The summed E-state index contributed by atoms with van der Waals surface area (Å²) in [5.74, 6) is -0.161. The van der Waals surface area contributed by atoms with Crippen molar-refractivity contribution in [3.05, 3.63) is 30.1 Å². The van der Waals surface area contributed by atoms with E-state index in [4.69, 9.17) is 4.74 Å². The molecule has 1 saturated carbocycles. The molecule has 2 aliphatic rings. The summed E-state index contributed by atoms with van der Waals surface area (Å²) in [4.78, 5) is 26.8. The average molecular weight is 424 g/mol. The molecule has 2 N–H and O–H groups in total. The van der Waals surface area contributed by atoms with Crippen LogP contribution in [0.4, 0.5) is 10.1 Å². The van der Waals surface area contributed by atoms with E-state index in [9.17, 15) is 14.0 Å². The summed E-state index contributed by atoms with van der Waals surface area (Å²) in [6.45, 7) is 4.03. The Morgan fingerprint density at radius 2 is 1.69 bits per heavy atom. The van der Waals surface area contributed by atoms with Crippen molar-refractivity contribution in [2.45, 2.75) is 37.6 Å². The first kappa shape index (κ1) is 22.1. The van der Waals surface area contributed by atoms with Crippen molar-refractivity contribution in [2.75, 3.05) is 49.7 Å². The molecule has 0 bridgehead atoms. The van der Waals surface area contributed by atoms with Gasteiger partial charge in [-0.2, -0.15) is 0 Å². The van der Waals surface area contributed by atoms with Crippen LogP contribution >= 0.6 is 11.8 Å². The number of nitrogens with zero attached hydrogens (tertiary/aromatic N) is 1. The summed E-state index contributed by atoms with van der Waals surface area (Å²) < 4.78 is 18.4. The van der Waals surface area contributed by atoms with E-state index in [1.165, 1.54) is 55.3 Å². The van der Waals surface area contributed by atoms with Gasteiger partial charge in [-0.1, -0.05) is 19.3 Å². The maximum atomic E-state index is 12.9. The fourth-order valence-electron chi connectivity index (χ4n) is 4.13. The molecule has 1 heterocycles. The van der Waals surface area contributed by atoms with Crippen molar-refractivity contribution in [3.63, 3.8) is 0 Å². The number of carbonyl (C=O) groups excluding carboxylic acids is 2. The van der Waals surface area contributed by atoms with Crippen molar-refractivity contribution in [1.29, 1.82) is 0 Å². The number of hydrogen-bond donors (Lipinski definition) is 2. The number of anilines is 1. The van der Waals surface area contributed by atoms with Crippen LogP contribution in [0.3, 0.4) is 0 Å². The maximum Gasteiger partial charge on any atom is 0.234 e. The molecule has 1 saturated heterocycles. The Labute approximate surface area is 175 Å². The van der Waals surface area contributed by atoms with Crippen molar-refractivity contribution < 1.29 is 18.7 Å². The van der Waals surface area contributed by atoms with Gasteiger partial charge in [0.05, 0.1) is 24.7 Å². The minimum absolute atomic E-state index is 0.0391. The predicted octanol–water partition coefficient (Wildman–Crippen LogP) is 2.65. The lowest BCUT2D eigenvalue weighted by Gasteiger charge is -2.48. The Kier molecular flexibility index (Phi) is 8.32. The van der Waals surface area contributed by atoms with E-state index in [1.54, 1.807) is 0 Å². The van der Waals surface area contributed by atoms with Crippen molar-refractivity contribution in [2.24, 2.45) is 0 Å². The van der Waals surface area contributed by atoms with Gasteiger partial charge in [0.2, 0.25) is 11.8 Å². The molecular weight excluding hydrogens is 393 g/mol. The topological polar surface area (TPSA) is 70.7 Å². The summed E-state index contributed by atoms with van der Waals surface area (Å²) in [5, 5.41) is 5.80. The number of hydrogen-bond acceptors (Lipinski definition) is 5. The number of morpholine rings is 1. The predicted molar refractivity (Wildman–Crippen MR) is 114 cm³/mol. The third-order valence-corrected chi connectivity index (χ3v) is 6.61. The highest BCUT2D eigenvalue weighted by Crippen LogP contribution is 2.33. The van der Waals surface area contributed by atoms with Crippen molar-refractivity contribution >= 4 is 29.3 Å². The molecule has 2 amide bonds. The lowest BCUT2D eigenvalue weighted by Crippen LogP contribution is -2.59. The Bertz CT molecular complexity index is 674. The summed E-state index contributed by atoms with van der Waals surface area (Å²) in [5.41, 5.74) is 0.591. The SMILES string of the molecule is O=C(CSCC(=O)Nc1ccc(F)cc1)NCC1(N2CCOCC2)CCCCC1. The zero-order valence-corrected chi connectivity index (χ0v) is 17.6. The quantitative estimate of drug-likeness (QED) is 0.673. The molecule has 0 unspecified atom stereocenters. The molecule has 1 aliphatic carbocycles. The lowest BCUT2D eigenvalue weighted by atomic mass is 9.79. The normalized spacial score (nSPS) is 19.5. The van der Waals surface area contributed by atoms with E-state index >= 15 is 0 Å². The van der Waals surface area contributed by atoms with Crippen LogP contribution in [-0.4, -0.2) is 66.6 Å². The van der Waals surface area contributed by atoms with E-state index in [2.05, 4.69) is 15.5 Å². The molecule has 6 nitrogen and oxygen atoms in total. The van der Waals surface area contributed by atoms with Gasteiger partial charge in [-0.3, -0.25) is 14.5 Å². The maximum absolute atomic E-state index is 12.9. The number of benzene rings is 1. The first-order valence-corrected chi connectivity index (χ1v) is 11.5. The Morgan fingerprint density at radius 1 is 1.03 bits per heavy atom. The van der Waals surface area contributed by atoms with Crippen molar-refractivity contribution in [1.82, 2.24) is 10.2 Å². The van der Waals surface area contributed by atoms with Gasteiger partial charge in [-0.15, -0.1) is 11.8 Å². The van der Waals surface area contributed by atoms with E-state index in [0.29, 0.717) is 12.2 Å². The molecule has 8 heteroatoms. The zero-order valence-electron chi connectivity index (χ0n) is 16.8. The van der Waals surface area contributed by atoms with Crippen LogP contribution < -0.4 is 10.6 Å². The van der Waals surface area contributed by atoms with Crippen LogP contribution in [0.25, 0.3) is 0 Å². The van der Waals surface area contributed by atoms with Crippen LogP contribution in [0.1, 0.15) is 32.1 Å². The number of amides is 2. The monoisotopic (exact) mass is 423 g/mol. The highest BCUT2D eigenvalue weighted by molar-refractivity contribution is 8.00. The molecule has 0 aromatic heterocycles. The Morgan fingerprint density at radius 3 is 2.38 bits per heavy atom. The minimum atomic E-state index is -0.345. The number of nitrogens with one attached hydrogen (secondary N) is 2. The van der Waals surface area contributed by atoms with Crippen LogP contribution in [0.5, 0.6) is 0 Å². The minimum Gasteiger partial charge on any atom is -0.379 e. The molecule has 160 valence electrons. The van der Waals surface area contributed by atoms with E-state index in [-0.39, 0.29) is 34.7 Å². The molecule has 29 heavy (non-hydrogen) atoms. The number of ether oxygens (including phenoxy) is 1. The number of rotatable bonds is 8. The molecule has 1 aliphatic heterocycles. The fourth-order valence-corrected chi connectivity index (χ4v) is 4.78. The van der Waals surface area contributed by atoms with E-state index in [0.717, 1.165) is 39.1 Å².